The Balaban J connectivity index is 1.93. The van der Waals surface area contributed by atoms with Crippen LogP contribution in [0.25, 0.3) is 10.3 Å². The fourth-order valence-electron chi connectivity index (χ4n) is 2.24. The van der Waals surface area contributed by atoms with Gasteiger partial charge in [-0.3, -0.25) is 9.59 Å². The predicted octanol–water partition coefficient (Wildman–Crippen LogP) is 0.681. The average molecular weight is 280 g/mol. The van der Waals surface area contributed by atoms with Crippen molar-refractivity contribution < 1.29 is 9.90 Å². The third-order valence-corrected chi connectivity index (χ3v) is 4.33. The molecule has 7 nitrogen and oxygen atoms in total. The molecule has 0 aliphatic carbocycles. The van der Waals surface area contributed by atoms with Gasteiger partial charge in [-0.2, -0.15) is 4.98 Å². The number of aromatic amines is 1. The fraction of sp³-hybridized carbons (Fsp3) is 0.455. The maximum atomic E-state index is 11.6. The molecule has 2 aromatic heterocycles. The van der Waals surface area contributed by atoms with E-state index in [1.165, 1.54) is 17.7 Å². The molecular formula is C11H12N4O3S. The van der Waals surface area contributed by atoms with E-state index in [2.05, 4.69) is 15.0 Å². The average Bonchev–Trinajstić information content (AvgIpc) is 2.84. The number of hydrogen-bond acceptors (Lipinski definition) is 6. The van der Waals surface area contributed by atoms with Crippen LogP contribution in [0.3, 0.4) is 0 Å². The Morgan fingerprint density at radius 3 is 3.16 bits per heavy atom. The first-order valence-corrected chi connectivity index (χ1v) is 6.79. The van der Waals surface area contributed by atoms with E-state index in [4.69, 9.17) is 5.11 Å². The van der Waals surface area contributed by atoms with Gasteiger partial charge in [0.05, 0.1) is 12.2 Å². The van der Waals surface area contributed by atoms with E-state index < -0.39 is 5.97 Å². The number of carbonyl (C=O) groups is 1. The number of fused-ring (bicyclic) bond motifs is 1. The number of carboxylic acid groups (broad SMARTS) is 1. The van der Waals surface area contributed by atoms with Gasteiger partial charge in [-0.25, -0.2) is 4.98 Å². The molecule has 3 heterocycles. The van der Waals surface area contributed by atoms with Crippen LogP contribution in [0, 0.1) is 5.92 Å². The van der Waals surface area contributed by atoms with Crippen molar-refractivity contribution in [2.24, 2.45) is 5.92 Å². The van der Waals surface area contributed by atoms with Crippen LogP contribution in [-0.4, -0.2) is 39.1 Å². The first-order valence-electron chi connectivity index (χ1n) is 5.97. The lowest BCUT2D eigenvalue weighted by Gasteiger charge is -2.30. The van der Waals surface area contributed by atoms with E-state index in [1.54, 1.807) is 0 Å². The second kappa shape index (κ2) is 4.61. The highest BCUT2D eigenvalue weighted by Gasteiger charge is 2.27. The SMILES string of the molecule is O=C(O)[C@H]1CCCN(c2nc3nc[nH]c(=O)c3s2)C1. The summed E-state index contributed by atoms with van der Waals surface area (Å²) in [5, 5.41) is 9.75. The van der Waals surface area contributed by atoms with E-state index in [1.807, 2.05) is 4.90 Å². The van der Waals surface area contributed by atoms with Gasteiger partial charge in [0, 0.05) is 13.1 Å². The third kappa shape index (κ3) is 2.19. The molecule has 1 aliphatic rings. The van der Waals surface area contributed by atoms with Crippen LogP contribution in [0.2, 0.25) is 0 Å². The molecule has 0 spiro atoms. The van der Waals surface area contributed by atoms with Crippen molar-refractivity contribution in [3.63, 3.8) is 0 Å². The molecule has 2 N–H and O–H groups in total. The number of thiazole rings is 1. The van der Waals surface area contributed by atoms with E-state index >= 15 is 0 Å². The zero-order chi connectivity index (χ0) is 13.4. The normalized spacial score (nSPS) is 19.8. The fourth-order valence-corrected chi connectivity index (χ4v) is 3.19. The van der Waals surface area contributed by atoms with Gasteiger partial charge in [-0.1, -0.05) is 11.3 Å². The molecule has 1 saturated heterocycles. The summed E-state index contributed by atoms with van der Waals surface area (Å²) in [6.45, 7) is 1.20. The van der Waals surface area contributed by atoms with Crippen LogP contribution in [0.4, 0.5) is 5.13 Å². The lowest BCUT2D eigenvalue weighted by Crippen LogP contribution is -2.38. The summed E-state index contributed by atoms with van der Waals surface area (Å²) in [6, 6.07) is 0. The number of carboxylic acids is 1. The molecule has 0 saturated carbocycles. The minimum atomic E-state index is -0.776. The summed E-state index contributed by atoms with van der Waals surface area (Å²) in [5.41, 5.74) is 0.210. The van der Waals surface area contributed by atoms with Crippen LogP contribution in [-0.2, 0) is 4.79 Å². The summed E-state index contributed by atoms with van der Waals surface area (Å²) >= 11 is 1.26. The predicted molar refractivity (Wildman–Crippen MR) is 70.6 cm³/mol. The summed E-state index contributed by atoms with van der Waals surface area (Å²) in [7, 11) is 0. The monoisotopic (exact) mass is 280 g/mol. The highest BCUT2D eigenvalue weighted by atomic mass is 32.1. The Labute approximate surface area is 111 Å². The Morgan fingerprint density at radius 2 is 2.42 bits per heavy atom. The summed E-state index contributed by atoms with van der Waals surface area (Å²) in [6.07, 6.45) is 2.83. The molecule has 1 atom stereocenters. The van der Waals surface area contributed by atoms with Crippen molar-refractivity contribution in [3.05, 3.63) is 16.7 Å². The van der Waals surface area contributed by atoms with Crippen molar-refractivity contribution in [1.82, 2.24) is 15.0 Å². The second-order valence-electron chi connectivity index (χ2n) is 4.50. The quantitative estimate of drug-likeness (QED) is 0.839. The molecule has 0 amide bonds. The number of anilines is 1. The van der Waals surface area contributed by atoms with E-state index in [9.17, 15) is 9.59 Å². The minimum Gasteiger partial charge on any atom is -0.481 e. The van der Waals surface area contributed by atoms with Crippen LogP contribution >= 0.6 is 11.3 Å². The molecule has 19 heavy (non-hydrogen) atoms. The van der Waals surface area contributed by atoms with Crippen molar-refractivity contribution in [3.8, 4) is 0 Å². The maximum absolute atomic E-state index is 11.6. The molecule has 8 heteroatoms. The number of nitrogens with one attached hydrogen (secondary N) is 1. The number of nitrogens with zero attached hydrogens (tertiary/aromatic N) is 3. The molecule has 3 rings (SSSR count). The minimum absolute atomic E-state index is 0.208. The number of piperidine rings is 1. The van der Waals surface area contributed by atoms with Crippen molar-refractivity contribution >= 4 is 32.8 Å². The lowest BCUT2D eigenvalue weighted by molar-refractivity contribution is -0.141. The highest BCUT2D eigenvalue weighted by Crippen LogP contribution is 2.29. The summed E-state index contributed by atoms with van der Waals surface area (Å²) in [5.74, 6) is -1.14. The Hall–Kier alpha value is -1.96. The van der Waals surface area contributed by atoms with Crippen LogP contribution in [0.1, 0.15) is 12.8 Å². The highest BCUT2D eigenvalue weighted by molar-refractivity contribution is 7.22. The van der Waals surface area contributed by atoms with Gasteiger partial charge in [0.25, 0.3) is 5.56 Å². The molecule has 100 valence electrons. The molecule has 0 radical (unpaired) electrons. The van der Waals surface area contributed by atoms with Crippen molar-refractivity contribution in [1.29, 1.82) is 0 Å². The third-order valence-electron chi connectivity index (χ3n) is 3.23. The number of H-pyrrole nitrogens is 1. The van der Waals surface area contributed by atoms with Gasteiger partial charge in [0.2, 0.25) is 0 Å². The molecular weight excluding hydrogens is 268 g/mol. The van der Waals surface area contributed by atoms with Gasteiger partial charge >= 0.3 is 5.97 Å². The van der Waals surface area contributed by atoms with E-state index in [-0.39, 0.29) is 11.5 Å². The zero-order valence-electron chi connectivity index (χ0n) is 10.00. The van der Waals surface area contributed by atoms with Crippen LogP contribution in [0.15, 0.2) is 11.1 Å². The van der Waals surface area contributed by atoms with Gasteiger partial charge < -0.3 is 15.0 Å². The Morgan fingerprint density at radius 1 is 1.58 bits per heavy atom. The first-order chi connectivity index (χ1) is 9.15. The summed E-state index contributed by atoms with van der Waals surface area (Å²) < 4.78 is 0.481. The van der Waals surface area contributed by atoms with E-state index in [0.717, 1.165) is 13.0 Å². The maximum Gasteiger partial charge on any atom is 0.308 e. The number of hydrogen-bond donors (Lipinski definition) is 2. The van der Waals surface area contributed by atoms with Gasteiger partial charge in [0.1, 0.15) is 4.70 Å². The molecule has 1 fully saturated rings. The van der Waals surface area contributed by atoms with Crippen molar-refractivity contribution in [2.45, 2.75) is 12.8 Å². The first kappa shape index (κ1) is 12.1. The number of rotatable bonds is 2. The standard InChI is InChI=1S/C11H12N4O3S/c16-9-7-8(12-5-13-9)14-11(19-7)15-3-1-2-6(4-15)10(17)18/h5-6H,1-4H2,(H,17,18)(H,12,13,16)/t6-/m0/s1. The number of aliphatic carboxylic acids is 1. The van der Waals surface area contributed by atoms with Crippen molar-refractivity contribution in [2.75, 3.05) is 18.0 Å². The Bertz CT molecular complexity index is 680. The molecule has 0 unspecified atom stereocenters. The molecule has 0 aromatic carbocycles. The lowest BCUT2D eigenvalue weighted by atomic mass is 9.99. The Kier molecular flexibility index (Phi) is 2.94. The zero-order valence-corrected chi connectivity index (χ0v) is 10.8. The largest absolute Gasteiger partial charge is 0.481 e. The van der Waals surface area contributed by atoms with Gasteiger partial charge in [-0.15, -0.1) is 0 Å². The van der Waals surface area contributed by atoms with Gasteiger partial charge in [-0.05, 0) is 12.8 Å². The summed E-state index contributed by atoms with van der Waals surface area (Å²) in [4.78, 5) is 35.4. The molecule has 1 aliphatic heterocycles. The van der Waals surface area contributed by atoms with Crippen LogP contribution < -0.4 is 10.5 Å². The second-order valence-corrected chi connectivity index (χ2v) is 5.48. The van der Waals surface area contributed by atoms with Gasteiger partial charge in [0.15, 0.2) is 10.8 Å². The molecule has 2 aromatic rings. The smallest absolute Gasteiger partial charge is 0.308 e. The topological polar surface area (TPSA) is 99.2 Å². The van der Waals surface area contributed by atoms with E-state index in [0.29, 0.717) is 28.4 Å². The number of aromatic nitrogens is 3. The van der Waals surface area contributed by atoms with Crippen LogP contribution in [0.5, 0.6) is 0 Å². The molecule has 0 bridgehead atoms.